The summed E-state index contributed by atoms with van der Waals surface area (Å²) in [4.78, 5) is 2.07. The predicted octanol–water partition coefficient (Wildman–Crippen LogP) is 2.66. The highest BCUT2D eigenvalue weighted by molar-refractivity contribution is 5.65. The number of halogens is 1. The number of nitrogen functional groups attached to an aromatic ring is 1. The van der Waals surface area contributed by atoms with Crippen LogP contribution in [0.15, 0.2) is 28.8 Å². The Morgan fingerprint density at radius 1 is 1.22 bits per heavy atom. The summed E-state index contributed by atoms with van der Waals surface area (Å²) in [6.45, 7) is 1.85. The summed E-state index contributed by atoms with van der Waals surface area (Å²) in [5.74, 6) is 0.00463. The lowest BCUT2D eigenvalue weighted by atomic mass is 10.1. The fourth-order valence-corrected chi connectivity index (χ4v) is 2.31. The summed E-state index contributed by atoms with van der Waals surface area (Å²) < 4.78 is 18.8. The molecule has 5 heteroatoms. The highest BCUT2D eigenvalue weighted by atomic mass is 19.1. The molecular weight excluding hydrogens is 233 g/mol. The van der Waals surface area contributed by atoms with E-state index in [-0.39, 0.29) is 11.7 Å². The van der Waals surface area contributed by atoms with Crippen LogP contribution in [0.5, 0.6) is 0 Å². The van der Waals surface area contributed by atoms with Gasteiger partial charge in [0.05, 0.1) is 5.69 Å². The molecule has 1 saturated heterocycles. The van der Waals surface area contributed by atoms with E-state index in [9.17, 15) is 4.39 Å². The van der Waals surface area contributed by atoms with Gasteiger partial charge >= 0.3 is 0 Å². The molecule has 3 rings (SSSR count). The number of nitrogens with zero attached hydrogens (tertiary/aromatic N) is 2. The molecule has 0 amide bonds. The van der Waals surface area contributed by atoms with Crippen molar-refractivity contribution in [2.24, 2.45) is 0 Å². The molecule has 2 heterocycles. The molecule has 0 unspecified atom stereocenters. The first kappa shape index (κ1) is 11.1. The third-order valence-corrected chi connectivity index (χ3v) is 3.22. The van der Waals surface area contributed by atoms with Crippen LogP contribution in [0.3, 0.4) is 0 Å². The van der Waals surface area contributed by atoms with Gasteiger partial charge < -0.3 is 15.2 Å². The van der Waals surface area contributed by atoms with Gasteiger partial charge in [0.15, 0.2) is 0 Å². The molecule has 0 radical (unpaired) electrons. The van der Waals surface area contributed by atoms with Crippen LogP contribution in [0.25, 0.3) is 11.3 Å². The Labute approximate surface area is 104 Å². The molecule has 0 saturated carbocycles. The lowest BCUT2D eigenvalue weighted by molar-refractivity contribution is 0.439. The first-order chi connectivity index (χ1) is 8.74. The molecule has 2 N–H and O–H groups in total. The highest BCUT2D eigenvalue weighted by Gasteiger charge is 2.17. The maximum Gasteiger partial charge on any atom is 0.222 e. The van der Waals surface area contributed by atoms with Crippen LogP contribution in [0, 0.1) is 5.82 Å². The van der Waals surface area contributed by atoms with Gasteiger partial charge in [-0.05, 0) is 25.0 Å². The van der Waals surface area contributed by atoms with E-state index in [0.29, 0.717) is 16.9 Å². The molecule has 1 aliphatic heterocycles. The molecule has 1 aromatic carbocycles. The maximum absolute atomic E-state index is 14.1. The van der Waals surface area contributed by atoms with Crippen LogP contribution >= 0.6 is 0 Å². The monoisotopic (exact) mass is 247 g/mol. The second-order valence-corrected chi connectivity index (χ2v) is 4.47. The van der Waals surface area contributed by atoms with Crippen molar-refractivity contribution in [2.75, 3.05) is 23.7 Å². The van der Waals surface area contributed by atoms with Crippen molar-refractivity contribution in [3.05, 3.63) is 30.1 Å². The van der Waals surface area contributed by atoms with Gasteiger partial charge in [0.1, 0.15) is 11.5 Å². The average molecular weight is 247 g/mol. The Kier molecular flexibility index (Phi) is 2.66. The normalized spacial score (nSPS) is 15.3. The van der Waals surface area contributed by atoms with Crippen molar-refractivity contribution in [1.29, 1.82) is 0 Å². The number of nitrogens with two attached hydrogens (primary N) is 1. The van der Waals surface area contributed by atoms with Gasteiger partial charge in [-0.2, -0.15) is 0 Å². The first-order valence-electron chi connectivity index (χ1n) is 6.01. The second kappa shape index (κ2) is 4.33. The molecule has 1 aromatic heterocycles. The third-order valence-electron chi connectivity index (χ3n) is 3.22. The second-order valence-electron chi connectivity index (χ2n) is 4.47. The van der Waals surface area contributed by atoms with Gasteiger partial charge in [-0.3, -0.25) is 0 Å². The Hall–Kier alpha value is -2.04. The summed E-state index contributed by atoms with van der Waals surface area (Å²) >= 11 is 0. The van der Waals surface area contributed by atoms with Gasteiger partial charge in [-0.25, -0.2) is 4.39 Å². The maximum atomic E-state index is 14.1. The summed E-state index contributed by atoms with van der Waals surface area (Å²) in [5.41, 5.74) is 7.34. The quantitative estimate of drug-likeness (QED) is 0.886. The van der Waals surface area contributed by atoms with E-state index in [4.69, 9.17) is 10.3 Å². The summed E-state index contributed by atoms with van der Waals surface area (Å²) in [5, 5.41) is 3.77. The van der Waals surface area contributed by atoms with Gasteiger partial charge in [0, 0.05) is 24.7 Å². The van der Waals surface area contributed by atoms with Gasteiger partial charge in [0.2, 0.25) is 5.88 Å². The number of anilines is 2. The molecule has 1 fully saturated rings. The molecular formula is C13H14FN3O. The van der Waals surface area contributed by atoms with Crippen LogP contribution in [0.1, 0.15) is 12.8 Å². The van der Waals surface area contributed by atoms with Gasteiger partial charge in [0.25, 0.3) is 0 Å². The fourth-order valence-electron chi connectivity index (χ4n) is 2.31. The molecule has 94 valence electrons. The minimum Gasteiger partial charge on any atom is -0.369 e. The zero-order valence-electron chi connectivity index (χ0n) is 9.90. The fraction of sp³-hybridized carbons (Fsp3) is 0.308. The van der Waals surface area contributed by atoms with E-state index in [1.807, 2.05) is 6.07 Å². The van der Waals surface area contributed by atoms with Crippen LogP contribution in [-0.4, -0.2) is 18.2 Å². The Bertz CT molecular complexity index is 561. The molecule has 1 aliphatic rings. The van der Waals surface area contributed by atoms with E-state index >= 15 is 0 Å². The molecule has 2 aromatic rings. The van der Waals surface area contributed by atoms with E-state index in [0.717, 1.165) is 25.9 Å². The minimum absolute atomic E-state index is 0.226. The van der Waals surface area contributed by atoms with Crippen molar-refractivity contribution in [2.45, 2.75) is 12.8 Å². The van der Waals surface area contributed by atoms with Gasteiger partial charge in [-0.15, -0.1) is 0 Å². The Morgan fingerprint density at radius 2 is 2.00 bits per heavy atom. The summed E-state index contributed by atoms with van der Waals surface area (Å²) in [7, 11) is 0. The minimum atomic E-state index is -0.226. The predicted molar refractivity (Wildman–Crippen MR) is 67.8 cm³/mol. The van der Waals surface area contributed by atoms with E-state index in [1.165, 1.54) is 6.07 Å². The lowest BCUT2D eigenvalue weighted by Crippen LogP contribution is -2.18. The third kappa shape index (κ3) is 1.92. The zero-order chi connectivity index (χ0) is 12.5. The smallest absolute Gasteiger partial charge is 0.222 e. The Morgan fingerprint density at radius 3 is 2.61 bits per heavy atom. The van der Waals surface area contributed by atoms with E-state index < -0.39 is 0 Å². The number of hydrogen-bond acceptors (Lipinski definition) is 4. The summed E-state index contributed by atoms with van der Waals surface area (Å²) in [6, 6.07) is 6.70. The molecule has 18 heavy (non-hydrogen) atoms. The number of rotatable bonds is 2. The van der Waals surface area contributed by atoms with E-state index in [2.05, 4.69) is 10.1 Å². The van der Waals surface area contributed by atoms with Crippen molar-refractivity contribution in [3.8, 4) is 11.3 Å². The number of benzene rings is 1. The SMILES string of the molecule is Nc1cc(-c2ccc(N3CCCC3)c(F)c2)no1. The molecule has 4 nitrogen and oxygen atoms in total. The Balaban J connectivity index is 1.93. The first-order valence-corrected chi connectivity index (χ1v) is 6.01. The number of hydrogen-bond donors (Lipinski definition) is 1. The zero-order valence-corrected chi connectivity index (χ0v) is 9.90. The topological polar surface area (TPSA) is 55.3 Å². The van der Waals surface area contributed by atoms with Crippen molar-refractivity contribution < 1.29 is 8.91 Å². The molecule has 0 spiro atoms. The number of aromatic nitrogens is 1. The lowest BCUT2D eigenvalue weighted by Gasteiger charge is -2.18. The van der Waals surface area contributed by atoms with Crippen molar-refractivity contribution in [3.63, 3.8) is 0 Å². The molecule has 0 bridgehead atoms. The van der Waals surface area contributed by atoms with Crippen LogP contribution < -0.4 is 10.6 Å². The molecule has 0 aliphatic carbocycles. The largest absolute Gasteiger partial charge is 0.369 e. The van der Waals surface area contributed by atoms with Crippen LogP contribution in [0.2, 0.25) is 0 Å². The molecule has 0 atom stereocenters. The van der Waals surface area contributed by atoms with Gasteiger partial charge in [-0.1, -0.05) is 11.2 Å². The van der Waals surface area contributed by atoms with E-state index in [1.54, 1.807) is 12.1 Å². The average Bonchev–Trinajstić information content (AvgIpc) is 2.99. The standard InChI is InChI=1S/C13H14FN3O/c14-10-7-9(11-8-13(15)18-16-11)3-4-12(10)17-5-1-2-6-17/h3-4,7-8H,1-2,5-6,15H2. The summed E-state index contributed by atoms with van der Waals surface area (Å²) in [6.07, 6.45) is 2.25. The highest BCUT2D eigenvalue weighted by Crippen LogP contribution is 2.28. The van der Waals surface area contributed by atoms with Crippen molar-refractivity contribution >= 4 is 11.6 Å². The van der Waals surface area contributed by atoms with Crippen LogP contribution in [-0.2, 0) is 0 Å². The van der Waals surface area contributed by atoms with Crippen LogP contribution in [0.4, 0.5) is 16.0 Å². The van der Waals surface area contributed by atoms with Crippen molar-refractivity contribution in [1.82, 2.24) is 5.16 Å².